The molecule has 3 heteroatoms. The second-order valence-corrected chi connectivity index (χ2v) is 9.33. The number of nitrogens with one attached hydrogen (secondary N) is 1. The third-order valence-corrected chi connectivity index (χ3v) is 7.06. The molecule has 0 fully saturated rings. The third kappa shape index (κ3) is 2.97. The van der Waals surface area contributed by atoms with Crippen molar-refractivity contribution in [1.29, 1.82) is 0 Å². The predicted octanol–water partition coefficient (Wildman–Crippen LogP) is 4.03. The fourth-order valence-electron chi connectivity index (χ4n) is 1.85. The molecule has 2 rings (SSSR count). The number of pyridine rings is 1. The van der Waals surface area contributed by atoms with Gasteiger partial charge >= 0.3 is 0 Å². The van der Waals surface area contributed by atoms with Crippen LogP contribution in [0.1, 0.15) is 26.5 Å². The number of fused-ring (bicyclic) bond motifs is 1. The lowest BCUT2D eigenvalue weighted by molar-refractivity contribution is 0.730. The van der Waals surface area contributed by atoms with Gasteiger partial charge in [0, 0.05) is 17.3 Å². The molecule has 0 aromatic carbocycles. The minimum atomic E-state index is -0.280. The van der Waals surface area contributed by atoms with Gasteiger partial charge in [-0.3, -0.25) is 0 Å². The molecule has 0 saturated carbocycles. The minimum Gasteiger partial charge on any atom is -0.343 e. The van der Waals surface area contributed by atoms with Crippen molar-refractivity contribution in [3.8, 4) is 0 Å². The van der Waals surface area contributed by atoms with Crippen LogP contribution in [0.5, 0.6) is 0 Å². The fourth-order valence-corrected chi connectivity index (χ4v) is 3.24. The Morgan fingerprint density at radius 2 is 2.12 bits per heavy atom. The summed E-state index contributed by atoms with van der Waals surface area (Å²) in [5.74, 6) is 0. The maximum atomic E-state index is 4.33. The number of rotatable bonds is 3. The van der Waals surface area contributed by atoms with Crippen molar-refractivity contribution in [3.63, 3.8) is 0 Å². The molecule has 0 aliphatic heterocycles. The summed E-state index contributed by atoms with van der Waals surface area (Å²) < 4.78 is 0. The van der Waals surface area contributed by atoms with Gasteiger partial charge in [0.2, 0.25) is 0 Å². The quantitative estimate of drug-likeness (QED) is 0.813. The van der Waals surface area contributed by atoms with Crippen LogP contribution in [-0.2, 0) is 6.42 Å². The number of aromatic amines is 1. The zero-order valence-corrected chi connectivity index (χ0v) is 12.2. The lowest BCUT2D eigenvalue weighted by atomic mass is 10.2. The van der Waals surface area contributed by atoms with Crippen LogP contribution in [0.3, 0.4) is 0 Å². The first-order valence-corrected chi connectivity index (χ1v) is 8.43. The van der Waals surface area contributed by atoms with Gasteiger partial charge in [0.15, 0.2) is 0 Å². The maximum absolute atomic E-state index is 4.33. The van der Waals surface area contributed by atoms with Gasteiger partial charge in [-0.15, -0.1) is 0 Å². The molecule has 1 radical (unpaired) electrons. The van der Waals surface area contributed by atoms with Gasteiger partial charge in [0.25, 0.3) is 0 Å². The smallest absolute Gasteiger partial charge is 0.137 e. The number of nitrogens with zero attached hydrogens (tertiary/aromatic N) is 1. The monoisotopic (exact) mass is 245 g/mol. The van der Waals surface area contributed by atoms with Crippen LogP contribution in [0.2, 0.25) is 17.6 Å². The van der Waals surface area contributed by atoms with E-state index in [9.17, 15) is 0 Å². The van der Waals surface area contributed by atoms with Crippen LogP contribution in [0.15, 0.2) is 24.4 Å². The van der Waals surface area contributed by atoms with E-state index in [1.165, 1.54) is 17.1 Å². The normalized spacial score (nSPS) is 12.5. The van der Waals surface area contributed by atoms with E-state index >= 15 is 0 Å². The van der Waals surface area contributed by atoms with E-state index in [0.717, 1.165) is 12.1 Å². The second kappa shape index (κ2) is 4.65. The molecule has 2 heterocycles. The Kier molecular flexibility index (Phi) is 3.38. The van der Waals surface area contributed by atoms with Gasteiger partial charge in [-0.1, -0.05) is 33.4 Å². The molecule has 0 saturated heterocycles. The number of hydrogen-bond donors (Lipinski definition) is 1. The Labute approximate surface area is 105 Å². The van der Waals surface area contributed by atoms with Gasteiger partial charge < -0.3 is 4.98 Å². The van der Waals surface area contributed by atoms with Crippen LogP contribution < -0.4 is 0 Å². The summed E-state index contributed by atoms with van der Waals surface area (Å²) in [5, 5.41) is 1.72. The van der Waals surface area contributed by atoms with Crippen LogP contribution >= 0.6 is 0 Å². The number of aryl methyl sites for hydroxylation is 1. The third-order valence-electron chi connectivity index (χ3n) is 3.50. The summed E-state index contributed by atoms with van der Waals surface area (Å²) in [6.07, 6.45) is 2.99. The molecule has 0 unspecified atom stereocenters. The van der Waals surface area contributed by atoms with E-state index in [-0.39, 0.29) is 8.80 Å². The summed E-state index contributed by atoms with van der Waals surface area (Å²) in [7, 11) is -0.280. The van der Waals surface area contributed by atoms with Gasteiger partial charge in [-0.25, -0.2) is 4.98 Å². The number of aromatic nitrogens is 2. The second-order valence-electron chi connectivity index (χ2n) is 5.77. The van der Waals surface area contributed by atoms with Crippen molar-refractivity contribution in [3.05, 3.63) is 30.1 Å². The van der Waals surface area contributed by atoms with E-state index < -0.39 is 0 Å². The summed E-state index contributed by atoms with van der Waals surface area (Å²) in [6, 6.07) is 7.66. The Bertz CT molecular complexity index is 463. The highest BCUT2D eigenvalue weighted by Crippen LogP contribution is 2.29. The Morgan fingerprint density at radius 1 is 1.35 bits per heavy atom. The lowest BCUT2D eigenvalue weighted by Gasteiger charge is -2.25. The molecule has 1 N–H and O–H groups in total. The fraction of sp³-hybridized carbons (Fsp3) is 0.500. The van der Waals surface area contributed by atoms with Crippen molar-refractivity contribution in [2.75, 3.05) is 0 Å². The number of hydrogen-bond acceptors (Lipinski definition) is 1. The van der Waals surface area contributed by atoms with Crippen LogP contribution in [0.25, 0.3) is 11.0 Å². The number of H-pyrrole nitrogens is 1. The zero-order chi connectivity index (χ0) is 12.5. The first-order valence-electron chi connectivity index (χ1n) is 6.22. The van der Waals surface area contributed by atoms with Crippen LogP contribution in [0, 0.1) is 0 Å². The first-order chi connectivity index (χ1) is 7.97. The molecule has 0 aliphatic rings. The molecule has 0 amide bonds. The molecule has 2 aromatic rings. The van der Waals surface area contributed by atoms with Crippen molar-refractivity contribution in [2.45, 2.75) is 44.8 Å². The Hall–Kier alpha value is -1.09. The standard InChI is InChI=1S/C14H21N2Si/c1-14(2,3)17(4)9-7-12-10-11-6-5-8-15-13(11)16-12/h5-6,8,10H,7,9H2,1-4H3,(H,15,16). The summed E-state index contributed by atoms with van der Waals surface area (Å²) in [4.78, 5) is 7.74. The summed E-state index contributed by atoms with van der Waals surface area (Å²) in [6.45, 7) is 9.50. The van der Waals surface area contributed by atoms with Gasteiger partial charge in [-0.2, -0.15) is 0 Å². The molecule has 17 heavy (non-hydrogen) atoms. The average molecular weight is 245 g/mol. The predicted molar refractivity (Wildman–Crippen MR) is 75.9 cm³/mol. The average Bonchev–Trinajstić information content (AvgIpc) is 2.66. The molecule has 91 valence electrons. The van der Waals surface area contributed by atoms with E-state index in [1.807, 2.05) is 12.3 Å². The van der Waals surface area contributed by atoms with E-state index in [2.05, 4.69) is 49.4 Å². The van der Waals surface area contributed by atoms with Crippen LogP contribution in [0.4, 0.5) is 0 Å². The maximum Gasteiger partial charge on any atom is 0.137 e. The van der Waals surface area contributed by atoms with Gasteiger partial charge in [0.05, 0.1) is 8.80 Å². The van der Waals surface area contributed by atoms with Crippen molar-refractivity contribution < 1.29 is 0 Å². The van der Waals surface area contributed by atoms with Crippen molar-refractivity contribution in [1.82, 2.24) is 9.97 Å². The Balaban J connectivity index is 2.04. The van der Waals surface area contributed by atoms with Crippen molar-refractivity contribution in [2.24, 2.45) is 0 Å². The molecule has 2 aromatic heterocycles. The topological polar surface area (TPSA) is 28.7 Å². The Morgan fingerprint density at radius 3 is 2.76 bits per heavy atom. The largest absolute Gasteiger partial charge is 0.343 e. The van der Waals surface area contributed by atoms with E-state index in [0.29, 0.717) is 5.04 Å². The first kappa shape index (κ1) is 12.4. The van der Waals surface area contributed by atoms with Crippen molar-refractivity contribution >= 4 is 19.8 Å². The van der Waals surface area contributed by atoms with Gasteiger partial charge in [0.1, 0.15) is 5.65 Å². The van der Waals surface area contributed by atoms with E-state index in [1.54, 1.807) is 0 Å². The lowest BCUT2D eigenvalue weighted by Crippen LogP contribution is -2.21. The zero-order valence-electron chi connectivity index (χ0n) is 11.2. The molecule has 0 spiro atoms. The molecule has 0 aliphatic carbocycles. The molecule has 2 nitrogen and oxygen atoms in total. The van der Waals surface area contributed by atoms with Gasteiger partial charge in [-0.05, 0) is 29.7 Å². The highest BCUT2D eigenvalue weighted by molar-refractivity contribution is 6.60. The summed E-state index contributed by atoms with van der Waals surface area (Å²) >= 11 is 0. The highest BCUT2D eigenvalue weighted by Gasteiger charge is 2.21. The SMILES string of the molecule is C[Si](CCc1cc2cccnc2[nH]1)C(C)(C)C. The van der Waals surface area contributed by atoms with E-state index in [4.69, 9.17) is 0 Å². The minimum absolute atomic E-state index is 0.280. The molecular formula is C14H21N2Si. The summed E-state index contributed by atoms with van der Waals surface area (Å²) in [5.41, 5.74) is 2.34. The molecular weight excluding hydrogens is 224 g/mol. The van der Waals surface area contributed by atoms with Crippen LogP contribution in [-0.4, -0.2) is 18.8 Å². The highest BCUT2D eigenvalue weighted by atomic mass is 28.3. The molecule has 0 atom stereocenters. The molecule has 0 bridgehead atoms.